The molecule has 1 aromatic rings. The third kappa shape index (κ3) is 4.45. The van der Waals surface area contributed by atoms with Gasteiger partial charge in [0.05, 0.1) is 38.5 Å². The van der Waals surface area contributed by atoms with Gasteiger partial charge in [-0.1, -0.05) is 35.7 Å². The van der Waals surface area contributed by atoms with E-state index in [1.54, 1.807) is 6.07 Å². The van der Waals surface area contributed by atoms with Crippen LogP contribution in [0.15, 0.2) is 18.2 Å². The summed E-state index contributed by atoms with van der Waals surface area (Å²) in [5, 5.41) is 6.76. The zero-order valence-corrected chi connectivity index (χ0v) is 17.6. The number of ether oxygens (including phenoxy) is 2. The Morgan fingerprint density at radius 3 is 2.58 bits per heavy atom. The first-order valence-corrected chi connectivity index (χ1v) is 11.1. The normalized spacial score (nSPS) is 25.3. The first-order valence-electron chi connectivity index (χ1n) is 9.15. The van der Waals surface area contributed by atoms with E-state index >= 15 is 0 Å². The minimum Gasteiger partial charge on any atom is -0.347 e. The van der Waals surface area contributed by atoms with Gasteiger partial charge in [-0.05, 0) is 50.8 Å². The van der Waals surface area contributed by atoms with Gasteiger partial charge in [-0.3, -0.25) is 5.14 Å². The zero-order chi connectivity index (χ0) is 18.9. The molecule has 26 heavy (non-hydrogen) atoms. The lowest BCUT2D eigenvalue weighted by Crippen LogP contribution is -2.38. The van der Waals surface area contributed by atoms with Gasteiger partial charge in [0.2, 0.25) is 0 Å². The van der Waals surface area contributed by atoms with E-state index in [-0.39, 0.29) is 12.0 Å². The van der Waals surface area contributed by atoms with Gasteiger partial charge in [0.25, 0.3) is 0 Å². The molecule has 1 saturated heterocycles. The fourth-order valence-corrected chi connectivity index (χ4v) is 4.60. The highest BCUT2D eigenvalue weighted by Gasteiger charge is 2.46. The van der Waals surface area contributed by atoms with Gasteiger partial charge in [-0.25, -0.2) is 4.21 Å². The van der Waals surface area contributed by atoms with Gasteiger partial charge in [-0.2, -0.15) is 0 Å². The Morgan fingerprint density at radius 2 is 1.96 bits per heavy atom. The molecular weight excluding hydrogens is 393 g/mol. The van der Waals surface area contributed by atoms with Crippen LogP contribution >= 0.6 is 23.2 Å². The van der Waals surface area contributed by atoms with Crippen LogP contribution in [0, 0.1) is 0 Å². The third-order valence-corrected chi connectivity index (χ3v) is 7.56. The lowest BCUT2D eigenvalue weighted by molar-refractivity contribution is -0.189. The van der Waals surface area contributed by atoms with E-state index in [2.05, 4.69) is 0 Å². The van der Waals surface area contributed by atoms with Gasteiger partial charge in [0.15, 0.2) is 5.79 Å². The highest BCUT2D eigenvalue weighted by molar-refractivity contribution is 7.84. The Morgan fingerprint density at radius 1 is 1.27 bits per heavy atom. The minimum absolute atomic E-state index is 0.0198. The zero-order valence-electron chi connectivity index (χ0n) is 15.3. The van der Waals surface area contributed by atoms with Crippen molar-refractivity contribution < 1.29 is 13.7 Å². The van der Waals surface area contributed by atoms with Crippen LogP contribution in [0.1, 0.15) is 63.9 Å². The molecule has 7 heteroatoms. The SMILES string of the molecule is CC(C)(C[C@@H](c1ccc(Cl)c(Cl)c1)[C@H]1COC2(CCCCC2)O1)S(N)=O. The molecule has 0 amide bonds. The first kappa shape index (κ1) is 20.6. The van der Waals surface area contributed by atoms with Crippen molar-refractivity contribution >= 4 is 34.2 Å². The van der Waals surface area contributed by atoms with Crippen LogP contribution in [0.3, 0.4) is 0 Å². The van der Waals surface area contributed by atoms with Crippen molar-refractivity contribution in [3.05, 3.63) is 33.8 Å². The standard InChI is InChI=1S/C19H27Cl2NO3S/c1-18(2,26(22)23)11-14(13-6-7-15(20)16(21)10-13)17-12-24-19(25-17)8-4-3-5-9-19/h6-7,10,14,17H,3-5,8-9,11-12,22H2,1-2H3/t14-,17+,26?/m0/s1. The van der Waals surface area contributed by atoms with Crippen LogP contribution in [0.2, 0.25) is 10.0 Å². The molecule has 2 N–H and O–H groups in total. The number of halogens is 2. The monoisotopic (exact) mass is 419 g/mol. The summed E-state index contributed by atoms with van der Waals surface area (Å²) in [6.07, 6.45) is 5.85. The van der Waals surface area contributed by atoms with Crippen molar-refractivity contribution in [1.29, 1.82) is 0 Å². The molecule has 1 unspecified atom stereocenters. The van der Waals surface area contributed by atoms with Crippen LogP contribution in [-0.4, -0.2) is 27.5 Å². The van der Waals surface area contributed by atoms with Crippen LogP contribution in [0.25, 0.3) is 0 Å². The van der Waals surface area contributed by atoms with Crippen molar-refractivity contribution in [2.45, 2.75) is 74.9 Å². The second kappa shape index (κ2) is 8.06. The second-order valence-electron chi connectivity index (χ2n) is 7.98. The molecule has 4 nitrogen and oxygen atoms in total. The Hall–Kier alpha value is -0.170. The fourth-order valence-electron chi connectivity index (χ4n) is 3.95. The van der Waals surface area contributed by atoms with Gasteiger partial charge in [0.1, 0.15) is 0 Å². The largest absolute Gasteiger partial charge is 0.347 e. The van der Waals surface area contributed by atoms with E-state index in [9.17, 15) is 4.21 Å². The number of benzene rings is 1. The maximum atomic E-state index is 12.0. The van der Waals surface area contributed by atoms with Crippen molar-refractivity contribution in [1.82, 2.24) is 0 Å². The quantitative estimate of drug-likeness (QED) is 0.734. The number of nitrogens with two attached hydrogens (primary N) is 1. The Balaban J connectivity index is 1.87. The molecule has 3 rings (SSSR count). The van der Waals surface area contributed by atoms with E-state index in [1.165, 1.54) is 6.42 Å². The molecule has 0 bridgehead atoms. The smallest absolute Gasteiger partial charge is 0.168 e. The van der Waals surface area contributed by atoms with Crippen LogP contribution in [0.4, 0.5) is 0 Å². The molecular formula is C19H27Cl2NO3S. The van der Waals surface area contributed by atoms with E-state index in [0.29, 0.717) is 23.1 Å². The number of rotatable bonds is 5. The average molecular weight is 420 g/mol. The molecule has 1 saturated carbocycles. The lowest BCUT2D eigenvalue weighted by atomic mass is 9.85. The second-order valence-corrected chi connectivity index (χ2v) is 10.5. The summed E-state index contributed by atoms with van der Waals surface area (Å²) in [5.74, 6) is -0.475. The number of hydrogen-bond acceptors (Lipinski definition) is 3. The molecule has 3 atom stereocenters. The highest BCUT2D eigenvalue weighted by Crippen LogP contribution is 2.44. The molecule has 146 valence electrons. The van der Waals surface area contributed by atoms with E-state index in [1.807, 2.05) is 26.0 Å². The fraction of sp³-hybridized carbons (Fsp3) is 0.684. The molecule has 1 heterocycles. The maximum Gasteiger partial charge on any atom is 0.168 e. The van der Waals surface area contributed by atoms with Gasteiger partial charge < -0.3 is 9.47 Å². The minimum atomic E-state index is -1.45. The van der Waals surface area contributed by atoms with E-state index in [0.717, 1.165) is 31.2 Å². The molecule has 1 aromatic carbocycles. The summed E-state index contributed by atoms with van der Waals surface area (Å²) in [6.45, 7) is 4.36. The Kier molecular flexibility index (Phi) is 6.37. The third-order valence-electron chi connectivity index (χ3n) is 5.57. The van der Waals surface area contributed by atoms with Crippen molar-refractivity contribution in [2.75, 3.05) is 6.61 Å². The summed E-state index contributed by atoms with van der Waals surface area (Å²) < 4.78 is 24.1. The maximum absolute atomic E-state index is 12.0. The molecule has 2 fully saturated rings. The van der Waals surface area contributed by atoms with Crippen LogP contribution in [-0.2, 0) is 20.5 Å². The molecule has 0 radical (unpaired) electrons. The van der Waals surface area contributed by atoms with Crippen LogP contribution in [0.5, 0.6) is 0 Å². The van der Waals surface area contributed by atoms with Crippen LogP contribution < -0.4 is 5.14 Å². The van der Waals surface area contributed by atoms with E-state index < -0.39 is 21.5 Å². The summed E-state index contributed by atoms with van der Waals surface area (Å²) in [4.78, 5) is 0. The highest BCUT2D eigenvalue weighted by atomic mass is 35.5. The Labute approximate surface area is 168 Å². The lowest BCUT2D eigenvalue weighted by Gasteiger charge is -2.34. The molecule has 0 aromatic heterocycles. The summed E-state index contributed by atoms with van der Waals surface area (Å²) in [6, 6.07) is 5.63. The van der Waals surface area contributed by atoms with Crippen molar-refractivity contribution in [2.24, 2.45) is 5.14 Å². The molecule has 1 spiro atoms. The van der Waals surface area contributed by atoms with Gasteiger partial charge in [0, 0.05) is 18.8 Å². The Bertz CT molecular complexity index is 677. The van der Waals surface area contributed by atoms with Gasteiger partial charge >= 0.3 is 0 Å². The predicted molar refractivity (Wildman–Crippen MR) is 107 cm³/mol. The summed E-state index contributed by atoms with van der Waals surface area (Å²) >= 11 is 12.3. The van der Waals surface area contributed by atoms with E-state index in [4.69, 9.17) is 37.8 Å². The summed E-state index contributed by atoms with van der Waals surface area (Å²) in [7, 11) is -1.45. The van der Waals surface area contributed by atoms with Gasteiger partial charge in [-0.15, -0.1) is 0 Å². The topological polar surface area (TPSA) is 61.6 Å². The molecule has 1 aliphatic carbocycles. The molecule has 2 aliphatic rings. The van der Waals surface area contributed by atoms with Crippen molar-refractivity contribution in [3.8, 4) is 0 Å². The summed E-state index contributed by atoms with van der Waals surface area (Å²) in [5.41, 5.74) is 1.01. The predicted octanol–water partition coefficient (Wildman–Crippen LogP) is 4.94. The average Bonchev–Trinajstić information content (AvgIpc) is 2.99. The molecule has 1 aliphatic heterocycles. The number of hydrogen-bond donors (Lipinski definition) is 1. The van der Waals surface area contributed by atoms with Crippen molar-refractivity contribution in [3.63, 3.8) is 0 Å². The first-order chi connectivity index (χ1) is 12.2.